The van der Waals surface area contributed by atoms with Crippen molar-refractivity contribution in [3.63, 3.8) is 0 Å². The van der Waals surface area contributed by atoms with E-state index >= 15 is 0 Å². The molecule has 24 heavy (non-hydrogen) atoms. The maximum Gasteiger partial charge on any atom is 0.267 e. The lowest BCUT2D eigenvalue weighted by Crippen LogP contribution is -2.32. The first-order chi connectivity index (χ1) is 11.5. The van der Waals surface area contributed by atoms with Gasteiger partial charge in [-0.15, -0.1) is 0 Å². The highest BCUT2D eigenvalue weighted by Gasteiger charge is 2.18. The number of aryl methyl sites for hydroxylation is 2. The van der Waals surface area contributed by atoms with Crippen molar-refractivity contribution in [3.05, 3.63) is 57.5 Å². The molecule has 3 rings (SSSR count). The van der Waals surface area contributed by atoms with Gasteiger partial charge in [0, 0.05) is 11.8 Å². The summed E-state index contributed by atoms with van der Waals surface area (Å²) in [4.78, 5) is 24.4. The number of anilines is 1. The van der Waals surface area contributed by atoms with E-state index in [1.165, 1.54) is 4.68 Å². The molecule has 0 spiro atoms. The Morgan fingerprint density at radius 3 is 3.00 bits per heavy atom. The highest BCUT2D eigenvalue weighted by molar-refractivity contribution is 5.90. The molecular weight excluding hydrogens is 302 g/mol. The molecule has 0 fully saturated rings. The molecule has 2 aromatic rings. The van der Waals surface area contributed by atoms with Gasteiger partial charge >= 0.3 is 0 Å². The first kappa shape index (κ1) is 16.4. The molecule has 1 aromatic carbocycles. The van der Waals surface area contributed by atoms with Crippen LogP contribution in [-0.4, -0.2) is 15.7 Å². The van der Waals surface area contributed by atoms with Gasteiger partial charge in [0.25, 0.3) is 5.56 Å². The second-order valence-corrected chi connectivity index (χ2v) is 6.56. The lowest BCUT2D eigenvalue weighted by Gasteiger charge is -2.20. The highest BCUT2D eigenvalue weighted by atomic mass is 16.2. The third kappa shape index (κ3) is 3.72. The van der Waals surface area contributed by atoms with Crippen LogP contribution >= 0.6 is 0 Å². The smallest absolute Gasteiger partial charge is 0.267 e. The van der Waals surface area contributed by atoms with Crippen LogP contribution in [0.1, 0.15) is 37.1 Å². The van der Waals surface area contributed by atoms with Crippen LogP contribution in [-0.2, 0) is 30.6 Å². The Hall–Kier alpha value is -2.43. The number of hydrogen-bond acceptors (Lipinski definition) is 3. The molecule has 126 valence electrons. The first-order valence-corrected chi connectivity index (χ1v) is 8.54. The van der Waals surface area contributed by atoms with Crippen LogP contribution in [0.2, 0.25) is 0 Å². The molecule has 1 aromatic heterocycles. The number of fused-ring (bicyclic) bond motifs is 1. The topological polar surface area (TPSA) is 64.0 Å². The maximum atomic E-state index is 12.2. The van der Waals surface area contributed by atoms with Crippen molar-refractivity contribution < 1.29 is 4.79 Å². The molecule has 0 saturated carbocycles. The molecule has 1 amide bonds. The van der Waals surface area contributed by atoms with Crippen molar-refractivity contribution in [1.29, 1.82) is 0 Å². The minimum atomic E-state index is -0.234. The van der Waals surface area contributed by atoms with Gasteiger partial charge in [-0.25, -0.2) is 4.68 Å². The summed E-state index contributed by atoms with van der Waals surface area (Å²) < 4.78 is 1.27. The fourth-order valence-corrected chi connectivity index (χ4v) is 3.13. The van der Waals surface area contributed by atoms with Crippen LogP contribution in [0.15, 0.2) is 35.1 Å². The van der Waals surface area contributed by atoms with Crippen LogP contribution in [0.25, 0.3) is 0 Å². The monoisotopic (exact) mass is 325 g/mol. The zero-order chi connectivity index (χ0) is 17.1. The van der Waals surface area contributed by atoms with E-state index in [0.29, 0.717) is 5.92 Å². The third-order valence-corrected chi connectivity index (χ3v) is 4.52. The summed E-state index contributed by atoms with van der Waals surface area (Å²) in [5, 5.41) is 7.25. The van der Waals surface area contributed by atoms with E-state index in [-0.39, 0.29) is 18.0 Å². The van der Waals surface area contributed by atoms with Crippen LogP contribution in [0, 0.1) is 5.92 Å². The summed E-state index contributed by atoms with van der Waals surface area (Å²) in [5.41, 5.74) is 3.69. The number of carbonyl (C=O) groups excluding carboxylic acids is 1. The minimum absolute atomic E-state index is 0.0575. The Morgan fingerprint density at radius 2 is 2.21 bits per heavy atom. The molecule has 0 aliphatic heterocycles. The summed E-state index contributed by atoms with van der Waals surface area (Å²) in [6.07, 6.45) is 3.76. The molecule has 1 heterocycles. The predicted molar refractivity (Wildman–Crippen MR) is 94.1 cm³/mol. The normalized spacial score (nSPS) is 16.5. The summed E-state index contributed by atoms with van der Waals surface area (Å²) in [7, 11) is 0. The molecule has 0 unspecified atom stereocenters. The minimum Gasteiger partial charge on any atom is -0.324 e. The summed E-state index contributed by atoms with van der Waals surface area (Å²) in [6, 6.07) is 9.37. The van der Waals surface area contributed by atoms with Crippen molar-refractivity contribution >= 4 is 11.6 Å². The zero-order valence-electron chi connectivity index (χ0n) is 14.2. The Labute approximate surface area is 141 Å². The van der Waals surface area contributed by atoms with Gasteiger partial charge in [0.15, 0.2) is 0 Å². The number of hydrogen-bond donors (Lipinski definition) is 1. The van der Waals surface area contributed by atoms with Gasteiger partial charge in [-0.2, -0.15) is 5.10 Å². The van der Waals surface area contributed by atoms with Gasteiger partial charge in [0.05, 0.1) is 5.69 Å². The van der Waals surface area contributed by atoms with Gasteiger partial charge < -0.3 is 5.32 Å². The van der Waals surface area contributed by atoms with E-state index < -0.39 is 0 Å². The van der Waals surface area contributed by atoms with Gasteiger partial charge in [-0.05, 0) is 54.9 Å². The third-order valence-electron chi connectivity index (χ3n) is 4.52. The molecular formula is C19H23N3O2. The van der Waals surface area contributed by atoms with Crippen LogP contribution in [0.5, 0.6) is 0 Å². The van der Waals surface area contributed by atoms with Crippen molar-refractivity contribution in [2.75, 3.05) is 5.32 Å². The maximum absolute atomic E-state index is 12.2. The standard InChI is InChI=1S/C19H23N3O2/c1-3-14-5-4-6-16(10-14)20-18(23)12-22-19(24)11-15-9-13(2)7-8-17(15)21-22/h4-6,10-11,13H,3,7-9,12H2,1-2H3,(H,20,23)/t13-/m0/s1. The summed E-state index contributed by atoms with van der Waals surface area (Å²) >= 11 is 0. The van der Waals surface area contributed by atoms with E-state index in [0.717, 1.165) is 48.2 Å². The number of nitrogens with one attached hydrogen (secondary N) is 1. The number of aromatic nitrogens is 2. The number of carbonyl (C=O) groups is 1. The zero-order valence-corrected chi connectivity index (χ0v) is 14.2. The van der Waals surface area contributed by atoms with E-state index in [1.807, 2.05) is 24.3 Å². The lowest BCUT2D eigenvalue weighted by atomic mass is 9.88. The average Bonchev–Trinajstić information content (AvgIpc) is 2.56. The van der Waals surface area contributed by atoms with Crippen molar-refractivity contribution in [3.8, 4) is 0 Å². The predicted octanol–water partition coefficient (Wildman–Crippen LogP) is 2.57. The van der Waals surface area contributed by atoms with E-state index in [2.05, 4.69) is 24.3 Å². The van der Waals surface area contributed by atoms with Crippen molar-refractivity contribution in [2.45, 2.75) is 46.1 Å². The second-order valence-electron chi connectivity index (χ2n) is 6.56. The number of benzene rings is 1. The first-order valence-electron chi connectivity index (χ1n) is 8.54. The molecule has 1 aliphatic carbocycles. The average molecular weight is 325 g/mol. The van der Waals surface area contributed by atoms with Crippen molar-refractivity contribution in [1.82, 2.24) is 9.78 Å². The molecule has 5 nitrogen and oxygen atoms in total. The molecule has 1 atom stereocenters. The van der Waals surface area contributed by atoms with Gasteiger partial charge in [-0.3, -0.25) is 9.59 Å². The molecule has 5 heteroatoms. The SMILES string of the molecule is CCc1cccc(NC(=O)Cn2nc3c(cc2=O)C[C@@H](C)CC3)c1. The van der Waals surface area contributed by atoms with E-state index in [9.17, 15) is 9.59 Å². The Morgan fingerprint density at radius 1 is 1.38 bits per heavy atom. The number of rotatable bonds is 4. The van der Waals surface area contributed by atoms with Gasteiger partial charge in [-0.1, -0.05) is 26.0 Å². The van der Waals surface area contributed by atoms with Gasteiger partial charge in [0.1, 0.15) is 6.54 Å². The largest absolute Gasteiger partial charge is 0.324 e. The molecule has 0 radical (unpaired) electrons. The fraction of sp³-hybridized carbons (Fsp3) is 0.421. The molecule has 1 N–H and O–H groups in total. The molecule has 0 saturated heterocycles. The summed E-state index contributed by atoms with van der Waals surface area (Å²) in [5.74, 6) is 0.352. The van der Waals surface area contributed by atoms with E-state index in [1.54, 1.807) is 6.07 Å². The number of amides is 1. The van der Waals surface area contributed by atoms with Crippen LogP contribution < -0.4 is 10.9 Å². The fourth-order valence-electron chi connectivity index (χ4n) is 3.13. The Kier molecular flexibility index (Phi) is 4.79. The molecule has 0 bridgehead atoms. The Balaban J connectivity index is 1.73. The lowest BCUT2D eigenvalue weighted by molar-refractivity contribution is -0.117. The van der Waals surface area contributed by atoms with Crippen LogP contribution in [0.3, 0.4) is 0 Å². The second kappa shape index (κ2) is 6.99. The Bertz CT molecular complexity index is 810. The van der Waals surface area contributed by atoms with Crippen molar-refractivity contribution in [2.24, 2.45) is 5.92 Å². The number of nitrogens with zero attached hydrogens (tertiary/aromatic N) is 2. The van der Waals surface area contributed by atoms with Crippen LogP contribution in [0.4, 0.5) is 5.69 Å². The quantitative estimate of drug-likeness (QED) is 0.939. The van der Waals surface area contributed by atoms with Gasteiger partial charge in [0.2, 0.25) is 5.91 Å². The molecule has 1 aliphatic rings. The van der Waals surface area contributed by atoms with E-state index in [4.69, 9.17) is 0 Å². The summed E-state index contributed by atoms with van der Waals surface area (Å²) in [6.45, 7) is 4.20. The highest BCUT2D eigenvalue weighted by Crippen LogP contribution is 2.22.